The summed E-state index contributed by atoms with van der Waals surface area (Å²) in [4.78, 5) is 22.9. The van der Waals surface area contributed by atoms with Crippen molar-refractivity contribution >= 4 is 23.5 Å². The Hall–Kier alpha value is -1.49. The van der Waals surface area contributed by atoms with E-state index < -0.39 is 5.97 Å². The number of hydrogen-bond acceptors (Lipinski definition) is 4. The van der Waals surface area contributed by atoms with E-state index in [1.165, 1.54) is 19.2 Å². The lowest BCUT2D eigenvalue weighted by molar-refractivity contribution is 0.0693. The Balaban J connectivity index is 2.87. The molecule has 0 atom stereocenters. The van der Waals surface area contributed by atoms with E-state index in [2.05, 4.69) is 0 Å². The Kier molecular flexibility index (Phi) is 5.71. The number of ketones is 1. The van der Waals surface area contributed by atoms with E-state index in [9.17, 15) is 9.59 Å². The predicted octanol–water partition coefficient (Wildman–Crippen LogP) is 2.72. The normalized spacial score (nSPS) is 10.1. The van der Waals surface area contributed by atoms with Crippen molar-refractivity contribution in [1.82, 2.24) is 0 Å². The van der Waals surface area contributed by atoms with Crippen LogP contribution in [0, 0.1) is 0 Å². The zero-order chi connectivity index (χ0) is 13.5. The van der Waals surface area contributed by atoms with E-state index in [4.69, 9.17) is 9.84 Å². The molecule has 0 aliphatic carbocycles. The second-order valence-electron chi connectivity index (χ2n) is 3.70. The molecule has 0 aliphatic heterocycles. The van der Waals surface area contributed by atoms with Crippen molar-refractivity contribution in [2.24, 2.45) is 0 Å². The summed E-state index contributed by atoms with van der Waals surface area (Å²) >= 11 is 1.55. The monoisotopic (exact) mass is 268 g/mol. The number of ether oxygens (including phenoxy) is 1. The second kappa shape index (κ2) is 7.06. The van der Waals surface area contributed by atoms with Crippen LogP contribution in [0.5, 0.6) is 5.75 Å². The minimum absolute atomic E-state index is 0.0174. The number of carbonyl (C=O) groups excluding carboxylic acids is 1. The van der Waals surface area contributed by atoms with Gasteiger partial charge in [0.2, 0.25) is 0 Å². The van der Waals surface area contributed by atoms with Crippen LogP contribution in [0.1, 0.15) is 34.1 Å². The van der Waals surface area contributed by atoms with Crippen molar-refractivity contribution in [3.8, 4) is 5.75 Å². The summed E-state index contributed by atoms with van der Waals surface area (Å²) < 4.78 is 4.94. The van der Waals surface area contributed by atoms with Gasteiger partial charge in [-0.15, -0.1) is 0 Å². The third-order valence-electron chi connectivity index (χ3n) is 2.33. The zero-order valence-electron chi connectivity index (χ0n) is 10.4. The number of carboxylic acids is 1. The van der Waals surface area contributed by atoms with Gasteiger partial charge < -0.3 is 9.84 Å². The highest BCUT2D eigenvalue weighted by Gasteiger charge is 2.14. The Bertz CT molecular complexity index is 443. The molecule has 5 heteroatoms. The third-order valence-corrected chi connectivity index (χ3v) is 3.50. The standard InChI is InChI=1S/C13H16O4S/c1-3-6-18-8-11(14)9-4-5-12(17-2)10(7-9)13(15)16/h4-5,7H,3,6,8H2,1-2H3,(H,15,16). The first kappa shape index (κ1) is 14.6. The first-order valence-corrected chi connectivity index (χ1v) is 6.77. The SMILES string of the molecule is CCCSCC(=O)c1ccc(OC)c(C(=O)O)c1. The second-order valence-corrected chi connectivity index (χ2v) is 4.80. The molecule has 0 unspecified atom stereocenters. The van der Waals surface area contributed by atoms with Crippen LogP contribution >= 0.6 is 11.8 Å². The van der Waals surface area contributed by atoms with E-state index in [0.717, 1.165) is 12.2 Å². The van der Waals surface area contributed by atoms with Crippen molar-refractivity contribution in [1.29, 1.82) is 0 Å². The number of carboxylic acid groups (broad SMARTS) is 1. The molecule has 0 aromatic heterocycles. The van der Waals surface area contributed by atoms with Gasteiger partial charge in [0.1, 0.15) is 11.3 Å². The van der Waals surface area contributed by atoms with Crippen LogP contribution in [-0.2, 0) is 0 Å². The van der Waals surface area contributed by atoms with Gasteiger partial charge in [-0.05, 0) is 30.4 Å². The summed E-state index contributed by atoms with van der Waals surface area (Å²) in [6.07, 6.45) is 1.01. The van der Waals surface area contributed by atoms with Crippen LogP contribution < -0.4 is 4.74 Å². The maximum atomic E-state index is 11.8. The molecule has 0 saturated heterocycles. The minimum Gasteiger partial charge on any atom is -0.496 e. The van der Waals surface area contributed by atoms with Gasteiger partial charge in [0.25, 0.3) is 0 Å². The van der Waals surface area contributed by atoms with Crippen LogP contribution in [0.25, 0.3) is 0 Å². The van der Waals surface area contributed by atoms with Gasteiger partial charge in [-0.3, -0.25) is 4.79 Å². The van der Waals surface area contributed by atoms with Gasteiger partial charge >= 0.3 is 5.97 Å². The lowest BCUT2D eigenvalue weighted by atomic mass is 10.1. The molecule has 0 bridgehead atoms. The number of rotatable bonds is 7. The Morgan fingerprint density at radius 2 is 2.11 bits per heavy atom. The molecule has 0 aliphatic rings. The molecule has 1 N–H and O–H groups in total. The number of methoxy groups -OCH3 is 1. The minimum atomic E-state index is -1.09. The van der Waals surface area contributed by atoms with E-state index in [0.29, 0.717) is 11.3 Å². The fourth-order valence-electron chi connectivity index (χ4n) is 1.44. The van der Waals surface area contributed by atoms with Crippen LogP contribution in [0.2, 0.25) is 0 Å². The number of hydrogen-bond donors (Lipinski definition) is 1. The van der Waals surface area contributed by atoms with Crippen LogP contribution in [-0.4, -0.2) is 35.5 Å². The van der Waals surface area contributed by atoms with Crippen molar-refractivity contribution in [2.45, 2.75) is 13.3 Å². The van der Waals surface area contributed by atoms with Gasteiger partial charge in [-0.1, -0.05) is 6.92 Å². The molecule has 18 heavy (non-hydrogen) atoms. The topological polar surface area (TPSA) is 63.6 Å². The molecule has 1 rings (SSSR count). The molecule has 0 fully saturated rings. The van der Waals surface area contributed by atoms with E-state index in [-0.39, 0.29) is 17.1 Å². The Morgan fingerprint density at radius 1 is 1.39 bits per heavy atom. The highest BCUT2D eigenvalue weighted by atomic mass is 32.2. The summed E-state index contributed by atoms with van der Waals surface area (Å²) in [6.45, 7) is 2.05. The van der Waals surface area contributed by atoms with Crippen molar-refractivity contribution in [3.05, 3.63) is 29.3 Å². The average molecular weight is 268 g/mol. The molecule has 0 heterocycles. The Labute approximate surface area is 110 Å². The molecule has 1 aromatic carbocycles. The van der Waals surface area contributed by atoms with Crippen LogP contribution in [0.3, 0.4) is 0 Å². The summed E-state index contributed by atoms with van der Waals surface area (Å²) in [5.41, 5.74) is 0.431. The first-order valence-electron chi connectivity index (χ1n) is 5.62. The number of Topliss-reactive ketones (excluding diaryl/α,β-unsaturated/α-hetero) is 1. The molecule has 0 radical (unpaired) electrons. The summed E-state index contributed by atoms with van der Waals surface area (Å²) in [6, 6.07) is 4.48. The van der Waals surface area contributed by atoms with Gasteiger partial charge in [0.05, 0.1) is 12.9 Å². The number of aromatic carboxylic acids is 1. The Morgan fingerprint density at radius 3 is 2.67 bits per heavy atom. The maximum Gasteiger partial charge on any atom is 0.339 e. The fourth-order valence-corrected chi connectivity index (χ4v) is 2.23. The first-order chi connectivity index (χ1) is 8.60. The van der Waals surface area contributed by atoms with Crippen LogP contribution in [0.4, 0.5) is 0 Å². The highest BCUT2D eigenvalue weighted by molar-refractivity contribution is 7.99. The lowest BCUT2D eigenvalue weighted by Gasteiger charge is -2.07. The summed E-state index contributed by atoms with van der Waals surface area (Å²) in [5.74, 6) is 0.411. The molecule has 4 nitrogen and oxygen atoms in total. The fraction of sp³-hybridized carbons (Fsp3) is 0.385. The largest absolute Gasteiger partial charge is 0.496 e. The zero-order valence-corrected chi connectivity index (χ0v) is 11.3. The molecular formula is C13H16O4S. The van der Waals surface area contributed by atoms with Gasteiger partial charge in [0.15, 0.2) is 5.78 Å². The quantitative estimate of drug-likeness (QED) is 0.608. The molecular weight excluding hydrogens is 252 g/mol. The molecule has 0 amide bonds. The number of carbonyl (C=O) groups is 2. The van der Waals surface area contributed by atoms with Gasteiger partial charge in [-0.2, -0.15) is 11.8 Å². The summed E-state index contributed by atoms with van der Waals surface area (Å²) in [7, 11) is 1.40. The molecule has 0 saturated carbocycles. The smallest absolute Gasteiger partial charge is 0.339 e. The van der Waals surface area contributed by atoms with Gasteiger partial charge in [0, 0.05) is 5.56 Å². The number of benzene rings is 1. The third kappa shape index (κ3) is 3.77. The average Bonchev–Trinajstić information content (AvgIpc) is 2.38. The highest BCUT2D eigenvalue weighted by Crippen LogP contribution is 2.21. The number of thioether (sulfide) groups is 1. The van der Waals surface area contributed by atoms with E-state index in [1.54, 1.807) is 17.8 Å². The van der Waals surface area contributed by atoms with Crippen LogP contribution in [0.15, 0.2) is 18.2 Å². The van der Waals surface area contributed by atoms with Crippen molar-refractivity contribution < 1.29 is 19.4 Å². The maximum absolute atomic E-state index is 11.8. The lowest BCUT2D eigenvalue weighted by Crippen LogP contribution is -2.07. The molecule has 98 valence electrons. The van der Waals surface area contributed by atoms with Gasteiger partial charge in [-0.25, -0.2) is 4.79 Å². The predicted molar refractivity (Wildman–Crippen MR) is 71.9 cm³/mol. The molecule has 1 aromatic rings. The summed E-state index contributed by atoms with van der Waals surface area (Å²) in [5, 5.41) is 9.02. The molecule has 0 spiro atoms. The van der Waals surface area contributed by atoms with Crippen molar-refractivity contribution in [2.75, 3.05) is 18.6 Å². The van der Waals surface area contributed by atoms with E-state index in [1.807, 2.05) is 6.92 Å². The van der Waals surface area contributed by atoms with Crippen molar-refractivity contribution in [3.63, 3.8) is 0 Å². The van der Waals surface area contributed by atoms with E-state index >= 15 is 0 Å².